The number of nitrogens with zero attached hydrogens (tertiary/aromatic N) is 3. The second kappa shape index (κ2) is 10.2. The van der Waals surface area contributed by atoms with Gasteiger partial charge in [0.05, 0.1) is 0 Å². The molecule has 0 saturated heterocycles. The van der Waals surface area contributed by atoms with Crippen LogP contribution in [-0.4, -0.2) is 15.0 Å². The van der Waals surface area contributed by atoms with Gasteiger partial charge >= 0.3 is 0 Å². The summed E-state index contributed by atoms with van der Waals surface area (Å²) < 4.78 is 6.41. The summed E-state index contributed by atoms with van der Waals surface area (Å²) in [5.74, 6) is 1.94. The summed E-state index contributed by atoms with van der Waals surface area (Å²) in [5.41, 5.74) is 6.90. The predicted molar refractivity (Wildman–Crippen MR) is 184 cm³/mol. The fraction of sp³-hybridized carbons (Fsp3) is 0. The fourth-order valence-corrected chi connectivity index (χ4v) is 6.48. The first kappa shape index (κ1) is 25.4. The van der Waals surface area contributed by atoms with Crippen LogP contribution in [0.5, 0.6) is 0 Å². The molecule has 4 heteroatoms. The van der Waals surface area contributed by atoms with Crippen LogP contribution in [-0.2, 0) is 0 Å². The molecule has 7 aromatic carbocycles. The Hall–Kier alpha value is -6.13. The van der Waals surface area contributed by atoms with Gasteiger partial charge in [-0.25, -0.2) is 15.0 Å². The molecule has 9 rings (SSSR count). The van der Waals surface area contributed by atoms with Gasteiger partial charge in [-0.2, -0.15) is 0 Å². The Morgan fingerprint density at radius 1 is 0.333 bits per heavy atom. The molecule has 0 radical (unpaired) electrons. The standard InChI is InChI=1S/C41H25N3O/c1-3-13-27(14-4-1)39-42-40(28-15-5-2-6-16-28)44-41(43-39)34-22-10-18-30-31(19-9-20-32(30)34)33-21-11-23-35-38(33)37-29-17-8-7-12-26(29)24-25-36(37)45-35/h1-25H. The molecular weight excluding hydrogens is 550 g/mol. The van der Waals surface area contributed by atoms with E-state index in [1.165, 1.54) is 10.8 Å². The Morgan fingerprint density at radius 3 is 1.60 bits per heavy atom. The van der Waals surface area contributed by atoms with Crippen LogP contribution in [0.1, 0.15) is 0 Å². The van der Waals surface area contributed by atoms with Gasteiger partial charge < -0.3 is 4.42 Å². The van der Waals surface area contributed by atoms with E-state index in [0.29, 0.717) is 17.5 Å². The summed E-state index contributed by atoms with van der Waals surface area (Å²) in [5, 5.41) is 6.86. The third-order valence-electron chi connectivity index (χ3n) is 8.54. The van der Waals surface area contributed by atoms with Gasteiger partial charge in [-0.3, -0.25) is 0 Å². The van der Waals surface area contributed by atoms with E-state index >= 15 is 0 Å². The average Bonchev–Trinajstić information content (AvgIpc) is 3.51. The second-order valence-electron chi connectivity index (χ2n) is 11.2. The first-order chi connectivity index (χ1) is 22.3. The Labute approximate surface area is 259 Å². The van der Waals surface area contributed by atoms with Crippen LogP contribution in [0.2, 0.25) is 0 Å². The normalized spacial score (nSPS) is 11.6. The molecule has 0 aliphatic carbocycles. The van der Waals surface area contributed by atoms with Gasteiger partial charge in [0.15, 0.2) is 17.5 Å². The molecule has 45 heavy (non-hydrogen) atoms. The van der Waals surface area contributed by atoms with Crippen molar-refractivity contribution in [2.24, 2.45) is 0 Å². The third kappa shape index (κ3) is 4.19. The van der Waals surface area contributed by atoms with E-state index in [2.05, 4.69) is 91.0 Å². The highest BCUT2D eigenvalue weighted by atomic mass is 16.3. The van der Waals surface area contributed by atoms with Crippen molar-refractivity contribution in [3.05, 3.63) is 152 Å². The number of benzene rings is 7. The summed E-state index contributed by atoms with van der Waals surface area (Å²) in [6.07, 6.45) is 0. The van der Waals surface area contributed by atoms with E-state index in [1.807, 2.05) is 60.7 Å². The van der Waals surface area contributed by atoms with Crippen LogP contribution in [0.25, 0.3) is 88.8 Å². The number of aromatic nitrogens is 3. The molecule has 0 unspecified atom stereocenters. The lowest BCUT2D eigenvalue weighted by Crippen LogP contribution is -2.00. The highest BCUT2D eigenvalue weighted by Gasteiger charge is 2.18. The molecule has 0 spiro atoms. The quantitative estimate of drug-likeness (QED) is 0.209. The monoisotopic (exact) mass is 575 g/mol. The van der Waals surface area contributed by atoms with Crippen LogP contribution in [0, 0.1) is 0 Å². The summed E-state index contributed by atoms with van der Waals surface area (Å²) in [6, 6.07) is 52.1. The van der Waals surface area contributed by atoms with Crippen molar-refractivity contribution in [2.75, 3.05) is 0 Å². The van der Waals surface area contributed by atoms with Gasteiger partial charge in [-0.05, 0) is 44.8 Å². The number of furan rings is 1. The van der Waals surface area contributed by atoms with E-state index in [1.54, 1.807) is 0 Å². The Morgan fingerprint density at radius 2 is 0.867 bits per heavy atom. The molecule has 0 bridgehead atoms. The lowest BCUT2D eigenvalue weighted by molar-refractivity contribution is 0.669. The Bertz CT molecular complexity index is 2480. The number of fused-ring (bicyclic) bond motifs is 6. The zero-order chi connectivity index (χ0) is 29.7. The predicted octanol–water partition coefficient (Wildman–Crippen LogP) is 10.7. The molecule has 9 aromatic rings. The average molecular weight is 576 g/mol. The molecule has 0 fully saturated rings. The van der Waals surface area contributed by atoms with Gasteiger partial charge in [0.2, 0.25) is 0 Å². The minimum Gasteiger partial charge on any atom is -0.456 e. The van der Waals surface area contributed by atoms with Crippen LogP contribution >= 0.6 is 0 Å². The highest BCUT2D eigenvalue weighted by Crippen LogP contribution is 2.43. The first-order valence-corrected chi connectivity index (χ1v) is 15.0. The zero-order valence-corrected chi connectivity index (χ0v) is 24.2. The number of hydrogen-bond donors (Lipinski definition) is 0. The largest absolute Gasteiger partial charge is 0.456 e. The van der Waals surface area contributed by atoms with Crippen LogP contribution in [0.3, 0.4) is 0 Å². The highest BCUT2D eigenvalue weighted by molar-refractivity contribution is 6.24. The summed E-state index contributed by atoms with van der Waals surface area (Å²) >= 11 is 0. The van der Waals surface area contributed by atoms with Gasteiger partial charge in [-0.1, -0.05) is 140 Å². The van der Waals surface area contributed by atoms with Gasteiger partial charge in [-0.15, -0.1) is 0 Å². The van der Waals surface area contributed by atoms with Crippen molar-refractivity contribution in [3.63, 3.8) is 0 Å². The Balaban J connectivity index is 1.30. The minimum atomic E-state index is 0.642. The second-order valence-corrected chi connectivity index (χ2v) is 11.2. The van der Waals surface area contributed by atoms with E-state index in [-0.39, 0.29) is 0 Å². The van der Waals surface area contributed by atoms with Crippen molar-refractivity contribution >= 4 is 43.5 Å². The van der Waals surface area contributed by atoms with Crippen molar-refractivity contribution in [1.29, 1.82) is 0 Å². The molecule has 0 N–H and O–H groups in total. The molecular formula is C41H25N3O. The molecule has 210 valence electrons. The smallest absolute Gasteiger partial charge is 0.164 e. The summed E-state index contributed by atoms with van der Waals surface area (Å²) in [4.78, 5) is 15.0. The molecule has 0 atom stereocenters. The summed E-state index contributed by atoms with van der Waals surface area (Å²) in [7, 11) is 0. The van der Waals surface area contributed by atoms with Crippen molar-refractivity contribution in [2.45, 2.75) is 0 Å². The lowest BCUT2D eigenvalue weighted by atomic mass is 9.92. The number of rotatable bonds is 4. The maximum absolute atomic E-state index is 6.41. The van der Waals surface area contributed by atoms with E-state index in [4.69, 9.17) is 19.4 Å². The van der Waals surface area contributed by atoms with Crippen LogP contribution in [0.15, 0.2) is 156 Å². The first-order valence-electron chi connectivity index (χ1n) is 15.0. The van der Waals surface area contributed by atoms with E-state index < -0.39 is 0 Å². The van der Waals surface area contributed by atoms with Crippen LogP contribution in [0.4, 0.5) is 0 Å². The molecule has 2 aromatic heterocycles. The van der Waals surface area contributed by atoms with E-state index in [9.17, 15) is 0 Å². The molecule has 0 aliphatic heterocycles. The van der Waals surface area contributed by atoms with Gasteiger partial charge in [0, 0.05) is 27.5 Å². The van der Waals surface area contributed by atoms with Crippen molar-refractivity contribution in [1.82, 2.24) is 15.0 Å². The Kier molecular flexibility index (Phi) is 5.78. The molecule has 2 heterocycles. The lowest BCUT2D eigenvalue weighted by Gasteiger charge is -2.13. The van der Waals surface area contributed by atoms with Crippen LogP contribution < -0.4 is 0 Å². The van der Waals surface area contributed by atoms with Gasteiger partial charge in [0.25, 0.3) is 0 Å². The van der Waals surface area contributed by atoms with Gasteiger partial charge in [0.1, 0.15) is 11.2 Å². The van der Waals surface area contributed by atoms with Crippen molar-refractivity contribution < 1.29 is 4.42 Å². The maximum Gasteiger partial charge on any atom is 0.164 e. The fourth-order valence-electron chi connectivity index (χ4n) is 6.48. The molecule has 4 nitrogen and oxygen atoms in total. The third-order valence-corrected chi connectivity index (χ3v) is 8.54. The molecule has 0 saturated carbocycles. The molecule has 0 aliphatic rings. The number of hydrogen-bond acceptors (Lipinski definition) is 4. The SMILES string of the molecule is c1ccc(-c2nc(-c3ccccc3)nc(-c3cccc4c(-c5cccc6oc7ccc8ccccc8c7c56)cccc34)n2)cc1. The van der Waals surface area contributed by atoms with E-state index in [0.717, 1.165) is 60.5 Å². The summed E-state index contributed by atoms with van der Waals surface area (Å²) in [6.45, 7) is 0. The minimum absolute atomic E-state index is 0.642. The zero-order valence-electron chi connectivity index (χ0n) is 24.2. The maximum atomic E-state index is 6.41. The van der Waals surface area contributed by atoms with Crippen molar-refractivity contribution in [3.8, 4) is 45.3 Å². The topological polar surface area (TPSA) is 51.8 Å². The molecule has 0 amide bonds.